The third-order valence-corrected chi connectivity index (χ3v) is 11.8. The summed E-state index contributed by atoms with van der Waals surface area (Å²) >= 11 is 0. The molecule has 0 spiro atoms. The van der Waals surface area contributed by atoms with Gasteiger partial charge in [-0.1, -0.05) is 0 Å². The second-order valence-corrected chi connectivity index (χ2v) is 17.1. The largest absolute Gasteiger partial charge is 0.509 e. The highest BCUT2D eigenvalue weighted by Crippen LogP contribution is 2.33. The maximum absolute atomic E-state index is 11.1. The molecule has 442 valence electrons. The van der Waals surface area contributed by atoms with E-state index < -0.39 is 253 Å². The van der Waals surface area contributed by atoms with Crippen molar-refractivity contribution in [2.45, 2.75) is 162 Å². The Labute approximate surface area is 431 Å². The summed E-state index contributed by atoms with van der Waals surface area (Å²) in [4.78, 5) is 0. The summed E-state index contributed by atoms with van der Waals surface area (Å²) in [7, 11) is 0. The molecule has 0 aromatic rings. The summed E-state index contributed by atoms with van der Waals surface area (Å²) in [6.45, 7) is -5.50. The number of aliphatic hydroxyl groups is 24. The second kappa shape index (κ2) is 31.6. The van der Waals surface area contributed by atoms with Crippen molar-refractivity contribution in [2.24, 2.45) is 0 Å². The van der Waals surface area contributed by atoms with Crippen molar-refractivity contribution in [1.29, 1.82) is 0 Å². The van der Waals surface area contributed by atoms with Crippen LogP contribution in [-0.4, -0.2) is 292 Å². The minimum atomic E-state index is -2.73. The predicted molar refractivity (Wildman–Crippen MR) is 241 cm³/mol. The van der Waals surface area contributed by atoms with Gasteiger partial charge in [-0.2, -0.15) is 0 Å². The molecule has 76 heavy (non-hydrogen) atoms. The van der Waals surface area contributed by atoms with E-state index in [1.165, 1.54) is 0 Å². The van der Waals surface area contributed by atoms with Gasteiger partial charge < -0.3 is 165 Å². The van der Waals surface area contributed by atoms with E-state index >= 15 is 0 Å². The fourth-order valence-corrected chi connectivity index (χ4v) is 7.52. The molecule has 2 saturated heterocycles. The van der Waals surface area contributed by atoms with E-state index in [2.05, 4.69) is 0 Å². The van der Waals surface area contributed by atoms with Crippen molar-refractivity contribution in [3.63, 3.8) is 0 Å². The van der Waals surface area contributed by atoms with Crippen LogP contribution >= 0.6 is 0 Å². The zero-order valence-electron chi connectivity index (χ0n) is 40.5. The third-order valence-electron chi connectivity index (χ3n) is 11.8. The third kappa shape index (κ3) is 17.3. The number of aliphatic hydroxyl groups excluding tert-OH is 24. The zero-order chi connectivity index (χ0) is 57.3. The highest BCUT2D eigenvalue weighted by molar-refractivity contribution is 5.15. The van der Waals surface area contributed by atoms with Crippen molar-refractivity contribution in [3.8, 4) is 0 Å². The van der Waals surface area contributed by atoms with Crippen LogP contribution in [-0.2, 0) is 42.6 Å². The Bertz CT molecular complexity index is 1910. The van der Waals surface area contributed by atoms with Gasteiger partial charge in [0.05, 0.1) is 19.3 Å². The van der Waals surface area contributed by atoms with E-state index in [1.54, 1.807) is 0 Å². The molecule has 6 unspecified atom stereocenters. The molecule has 0 aromatic carbocycles. The molecular formula is C43H72O33. The second-order valence-electron chi connectivity index (χ2n) is 17.1. The van der Waals surface area contributed by atoms with Gasteiger partial charge in [-0.05, 0) is 13.0 Å². The van der Waals surface area contributed by atoms with Crippen LogP contribution in [0.1, 0.15) is 39.0 Å². The van der Waals surface area contributed by atoms with Gasteiger partial charge in [0.2, 0.25) is 25.2 Å². The van der Waals surface area contributed by atoms with E-state index in [0.717, 1.165) is 6.92 Å². The van der Waals surface area contributed by atoms with Gasteiger partial charge in [0.15, 0.2) is 53.4 Å². The molecule has 0 aromatic heterocycles. The Balaban J connectivity index is 2.17. The number of fused-ring (bicyclic) bond motifs is 2. The summed E-state index contributed by atoms with van der Waals surface area (Å²) in [5.41, 5.74) is -0.616. The number of ether oxygens (including phenoxy) is 9. The molecule has 0 saturated carbocycles. The van der Waals surface area contributed by atoms with Crippen molar-refractivity contribution >= 4 is 0 Å². The van der Waals surface area contributed by atoms with Gasteiger partial charge in [0.25, 0.3) is 0 Å². The molecule has 4 bridgehead atoms. The van der Waals surface area contributed by atoms with Crippen molar-refractivity contribution in [1.82, 2.24) is 0 Å². The van der Waals surface area contributed by atoms with Crippen molar-refractivity contribution < 1.29 is 165 Å². The smallest absolute Gasteiger partial charge is 0.218 e. The van der Waals surface area contributed by atoms with Gasteiger partial charge in [-0.15, -0.1) is 0 Å². The standard InChI is InChI=1S/C43H72O33/c1-15-24(52)18(3-8-45)70-40(66)31(59)25(53)19(4-9-46)69-38(64)17(51)12-16(2-7-44)68-39(65)30(58)26(54)20(5-10-47)71-43-34(62)29(57)36(23(14-50)74-43)76-41(67)32(60)27(55)21(6-11-48)72-42-33(61)28(56)35(75-37(15)63)22(13-49)73-42/h12,16,18-23,28-29,33-67H,2-11,13-14H2,1H3/b17-12-,24-15-,30-26-,31-25+,32-27-/t16-,18-,19-,20-,21-,22?,23?,28?,29?,33?,34?,35-,36-,37-,38-,39-,40-,41-,42+,43+/m1/s1. The topological polar surface area (TPSA) is 569 Å². The fraction of sp³-hybridized carbons (Fsp3) is 0.767. The lowest BCUT2D eigenvalue weighted by molar-refractivity contribution is -0.331. The van der Waals surface area contributed by atoms with E-state index in [-0.39, 0.29) is 0 Å². The molecular weight excluding hydrogens is 1040 g/mol. The summed E-state index contributed by atoms with van der Waals surface area (Å²) in [6.07, 6.45) is -46.3. The molecule has 0 radical (unpaired) electrons. The van der Waals surface area contributed by atoms with Gasteiger partial charge in [-0.3, -0.25) is 0 Å². The van der Waals surface area contributed by atoms with Crippen molar-refractivity contribution in [2.75, 3.05) is 46.2 Å². The molecule has 0 amide bonds. The average Bonchev–Trinajstić information content (AvgIpc) is 3.39. The van der Waals surface area contributed by atoms with E-state index in [9.17, 15) is 123 Å². The number of hydrogen-bond donors (Lipinski definition) is 24. The fourth-order valence-electron chi connectivity index (χ4n) is 7.52. The molecule has 5 aliphatic rings. The van der Waals surface area contributed by atoms with E-state index in [0.29, 0.717) is 6.08 Å². The Kier molecular flexibility index (Phi) is 27.6. The molecule has 33 heteroatoms. The molecule has 5 rings (SSSR count). The lowest BCUT2D eigenvalue weighted by Gasteiger charge is -2.43. The van der Waals surface area contributed by atoms with Crippen LogP contribution in [0.2, 0.25) is 0 Å². The predicted octanol–water partition coefficient (Wildman–Crippen LogP) is -6.66. The molecule has 5 heterocycles. The quantitative estimate of drug-likeness (QED) is 0.0864. The van der Waals surface area contributed by atoms with E-state index in [1.807, 2.05) is 0 Å². The van der Waals surface area contributed by atoms with Crippen LogP contribution in [0.3, 0.4) is 0 Å². The maximum Gasteiger partial charge on any atom is 0.218 e. The highest BCUT2D eigenvalue weighted by atomic mass is 16.7. The monoisotopic (exact) mass is 1120 g/mol. The minimum Gasteiger partial charge on any atom is -0.509 e. The Morgan fingerprint density at radius 1 is 0.342 bits per heavy atom. The Hall–Kier alpha value is -3.90. The van der Waals surface area contributed by atoms with E-state index in [4.69, 9.17) is 42.6 Å². The average molecular weight is 1120 g/mol. The normalized spacial score (nSPS) is 43.0. The molecule has 20 atom stereocenters. The van der Waals surface area contributed by atoms with Gasteiger partial charge in [0.1, 0.15) is 84.8 Å². The van der Waals surface area contributed by atoms with Crippen LogP contribution in [0.15, 0.2) is 57.7 Å². The van der Waals surface area contributed by atoms with Gasteiger partial charge >= 0.3 is 0 Å². The Morgan fingerprint density at radius 2 is 0.671 bits per heavy atom. The number of rotatable bonds is 12. The first-order valence-electron chi connectivity index (χ1n) is 23.3. The molecule has 2 fully saturated rings. The van der Waals surface area contributed by atoms with Crippen LogP contribution < -0.4 is 0 Å². The van der Waals surface area contributed by atoms with Crippen LogP contribution in [0.4, 0.5) is 0 Å². The van der Waals surface area contributed by atoms with Crippen LogP contribution in [0, 0.1) is 0 Å². The first-order chi connectivity index (χ1) is 35.9. The molecule has 24 N–H and O–H groups in total. The first-order valence-corrected chi connectivity index (χ1v) is 23.3. The lowest BCUT2D eigenvalue weighted by atomic mass is 9.98. The first kappa shape index (κ1) is 66.4. The Morgan fingerprint density at radius 3 is 1.05 bits per heavy atom. The molecule has 33 nitrogen and oxygen atoms in total. The number of hydrogen-bond acceptors (Lipinski definition) is 33. The minimum absolute atomic E-state index is 0.564. The van der Waals surface area contributed by atoms with Crippen LogP contribution in [0.5, 0.6) is 0 Å². The van der Waals surface area contributed by atoms with Crippen LogP contribution in [0.25, 0.3) is 0 Å². The summed E-state index contributed by atoms with van der Waals surface area (Å²) < 4.78 is 48.2. The summed E-state index contributed by atoms with van der Waals surface area (Å²) in [6, 6.07) is 0. The highest BCUT2D eigenvalue weighted by Gasteiger charge is 2.50. The summed E-state index contributed by atoms with van der Waals surface area (Å²) in [5, 5.41) is 254. The van der Waals surface area contributed by atoms with Crippen molar-refractivity contribution in [3.05, 3.63) is 57.7 Å². The van der Waals surface area contributed by atoms with Gasteiger partial charge in [0, 0.05) is 70.7 Å². The summed E-state index contributed by atoms with van der Waals surface area (Å²) in [5.74, 6) is -10.9. The molecule has 5 aliphatic heterocycles. The van der Waals surface area contributed by atoms with Gasteiger partial charge in [-0.25, -0.2) is 0 Å². The zero-order valence-corrected chi connectivity index (χ0v) is 40.5. The molecule has 0 aliphatic carbocycles. The SMILES string of the molecule is C/C1=C(/O)[C@@H](CCO)O[C@@H](O)/C(O)=C(\O)[C@@H](CCO)O[C@@H](O)/C(O)=C/[C@@H](CCO)O[C@@H](O)/C(O)=C(/O)[C@@H](CCO)O[C@H]2OC(CO)[C@@H](O[C@@H](O)/C(O)=C(/O)[C@@H](CCO)O[C@H]3OC(CO)[C@@H](O[C@H]1O)C(O)C3O)C(O)C2O. The lowest BCUT2D eigenvalue weighted by Crippen LogP contribution is -2.61. The maximum atomic E-state index is 11.1.